The molecule has 0 radical (unpaired) electrons. The fourth-order valence-electron chi connectivity index (χ4n) is 2.39. The molecule has 1 rings (SSSR count). The molecule has 0 saturated heterocycles. The van der Waals surface area contributed by atoms with Crippen LogP contribution in [0.3, 0.4) is 0 Å². The van der Waals surface area contributed by atoms with E-state index in [9.17, 15) is 0 Å². The molecule has 0 fully saturated rings. The lowest BCUT2D eigenvalue weighted by Gasteiger charge is -2.21. The van der Waals surface area contributed by atoms with E-state index in [0.29, 0.717) is 6.04 Å². The largest absolute Gasteiger partial charge is 0.348 e. The Bertz CT molecular complexity index is 381. The van der Waals surface area contributed by atoms with Crippen molar-refractivity contribution in [2.24, 2.45) is 0 Å². The van der Waals surface area contributed by atoms with E-state index in [4.69, 9.17) is 4.98 Å². The molecule has 4 heteroatoms. The van der Waals surface area contributed by atoms with Crippen molar-refractivity contribution < 1.29 is 0 Å². The lowest BCUT2D eigenvalue weighted by molar-refractivity contribution is 0.575. The minimum atomic E-state index is 0.412. The third-order valence-electron chi connectivity index (χ3n) is 3.75. The molecule has 0 saturated carbocycles. The first-order valence-electron chi connectivity index (χ1n) is 8.59. The van der Waals surface area contributed by atoms with Crippen molar-refractivity contribution in [1.29, 1.82) is 0 Å². The van der Waals surface area contributed by atoms with E-state index in [1.807, 2.05) is 11.3 Å². The number of anilines is 1. The van der Waals surface area contributed by atoms with E-state index < -0.39 is 0 Å². The van der Waals surface area contributed by atoms with E-state index >= 15 is 0 Å². The number of hydrogen-bond donors (Lipinski definition) is 1. The van der Waals surface area contributed by atoms with Gasteiger partial charge in [0.1, 0.15) is 0 Å². The zero-order valence-corrected chi connectivity index (χ0v) is 15.4. The van der Waals surface area contributed by atoms with Gasteiger partial charge in [0.25, 0.3) is 0 Å². The molecular weight excluding hydrogens is 278 g/mol. The Balaban J connectivity index is 2.78. The van der Waals surface area contributed by atoms with Crippen LogP contribution in [0, 0.1) is 6.92 Å². The molecule has 21 heavy (non-hydrogen) atoms. The molecule has 1 heterocycles. The Hall–Kier alpha value is -0.610. The Morgan fingerprint density at radius 3 is 2.24 bits per heavy atom. The smallest absolute Gasteiger partial charge is 0.185 e. The maximum atomic E-state index is 4.85. The van der Waals surface area contributed by atoms with Crippen LogP contribution in [-0.2, 0) is 0 Å². The molecule has 0 amide bonds. The third kappa shape index (κ3) is 5.95. The molecule has 122 valence electrons. The molecule has 0 aliphatic rings. The van der Waals surface area contributed by atoms with E-state index in [1.165, 1.54) is 47.8 Å². The van der Waals surface area contributed by atoms with Crippen LogP contribution in [0.25, 0.3) is 0 Å². The summed E-state index contributed by atoms with van der Waals surface area (Å²) in [4.78, 5) is 8.74. The van der Waals surface area contributed by atoms with Crippen LogP contribution in [0.5, 0.6) is 0 Å². The van der Waals surface area contributed by atoms with Crippen molar-refractivity contribution in [3.63, 3.8) is 0 Å². The number of aryl methyl sites for hydroxylation is 1. The van der Waals surface area contributed by atoms with E-state index in [0.717, 1.165) is 19.6 Å². The maximum absolute atomic E-state index is 4.85. The van der Waals surface area contributed by atoms with Crippen LogP contribution in [0.4, 0.5) is 5.13 Å². The molecule has 1 aromatic rings. The lowest BCUT2D eigenvalue weighted by atomic mass is 10.2. The molecule has 1 aromatic heterocycles. The van der Waals surface area contributed by atoms with Crippen molar-refractivity contribution in [2.45, 2.75) is 72.8 Å². The number of nitrogens with zero attached hydrogens (tertiary/aromatic N) is 2. The van der Waals surface area contributed by atoms with Crippen molar-refractivity contribution >= 4 is 16.5 Å². The highest BCUT2D eigenvalue weighted by Crippen LogP contribution is 2.31. The van der Waals surface area contributed by atoms with Gasteiger partial charge >= 0.3 is 0 Å². The van der Waals surface area contributed by atoms with Crippen LogP contribution in [-0.4, -0.2) is 24.6 Å². The van der Waals surface area contributed by atoms with Gasteiger partial charge in [-0.25, -0.2) is 4.98 Å². The molecule has 1 atom stereocenters. The van der Waals surface area contributed by atoms with Crippen molar-refractivity contribution in [1.82, 2.24) is 10.3 Å². The van der Waals surface area contributed by atoms with Crippen LogP contribution in [0.1, 0.15) is 76.4 Å². The van der Waals surface area contributed by atoms with Gasteiger partial charge in [-0.2, -0.15) is 0 Å². The zero-order chi connectivity index (χ0) is 15.7. The first-order valence-corrected chi connectivity index (χ1v) is 9.41. The number of rotatable bonds is 11. The molecule has 0 bridgehead atoms. The summed E-state index contributed by atoms with van der Waals surface area (Å²) in [5, 5.41) is 4.80. The van der Waals surface area contributed by atoms with Crippen LogP contribution in [0.15, 0.2) is 0 Å². The van der Waals surface area contributed by atoms with Gasteiger partial charge < -0.3 is 10.2 Å². The summed E-state index contributed by atoms with van der Waals surface area (Å²) in [7, 11) is 0. The van der Waals surface area contributed by atoms with Gasteiger partial charge in [0, 0.05) is 24.0 Å². The van der Waals surface area contributed by atoms with Gasteiger partial charge in [-0.1, -0.05) is 33.6 Å². The second kappa shape index (κ2) is 10.2. The SMILES string of the molecule is CCCCN(CCCC)c1nc(C)c(C(C)NCCC)s1. The number of aromatic nitrogens is 1. The van der Waals surface area contributed by atoms with Gasteiger partial charge in [-0.05, 0) is 39.7 Å². The predicted octanol–water partition coefficient (Wildman–Crippen LogP) is 4.92. The molecule has 0 aromatic carbocycles. The predicted molar refractivity (Wildman–Crippen MR) is 95.6 cm³/mol. The summed E-state index contributed by atoms with van der Waals surface area (Å²) in [6.45, 7) is 14.5. The van der Waals surface area contributed by atoms with Gasteiger partial charge in [-0.3, -0.25) is 0 Å². The lowest BCUT2D eigenvalue weighted by Crippen LogP contribution is -2.25. The molecule has 0 spiro atoms. The van der Waals surface area contributed by atoms with Crippen LogP contribution >= 0.6 is 11.3 Å². The summed E-state index contributed by atoms with van der Waals surface area (Å²) in [6, 6.07) is 0.412. The van der Waals surface area contributed by atoms with Gasteiger partial charge in [0.05, 0.1) is 5.69 Å². The Labute approximate surface area is 135 Å². The van der Waals surface area contributed by atoms with Crippen molar-refractivity contribution in [3.05, 3.63) is 10.6 Å². The molecular formula is C17H33N3S. The molecule has 1 N–H and O–H groups in total. The van der Waals surface area contributed by atoms with Crippen molar-refractivity contribution in [3.8, 4) is 0 Å². The van der Waals surface area contributed by atoms with E-state index in [1.54, 1.807) is 0 Å². The Morgan fingerprint density at radius 1 is 1.10 bits per heavy atom. The average Bonchev–Trinajstić information content (AvgIpc) is 2.87. The second-order valence-electron chi connectivity index (χ2n) is 5.82. The summed E-state index contributed by atoms with van der Waals surface area (Å²) in [5.74, 6) is 0. The minimum Gasteiger partial charge on any atom is -0.348 e. The fourth-order valence-corrected chi connectivity index (χ4v) is 3.53. The van der Waals surface area contributed by atoms with Gasteiger partial charge in [0.2, 0.25) is 0 Å². The number of hydrogen-bond acceptors (Lipinski definition) is 4. The average molecular weight is 312 g/mol. The highest BCUT2D eigenvalue weighted by atomic mass is 32.1. The quantitative estimate of drug-likeness (QED) is 0.629. The Kier molecular flexibility index (Phi) is 8.93. The standard InChI is InChI=1S/C17H33N3S/c1-6-9-12-20(13-10-7-2)17-19-15(5)16(21-17)14(4)18-11-8-3/h14,18H,6-13H2,1-5H3. The molecule has 0 aliphatic heterocycles. The van der Waals surface area contributed by atoms with Crippen molar-refractivity contribution in [2.75, 3.05) is 24.5 Å². The number of thiazole rings is 1. The molecule has 3 nitrogen and oxygen atoms in total. The second-order valence-corrected chi connectivity index (χ2v) is 6.83. The number of unbranched alkanes of at least 4 members (excludes halogenated alkanes) is 2. The minimum absolute atomic E-state index is 0.412. The normalized spacial score (nSPS) is 12.6. The van der Waals surface area contributed by atoms with Crippen LogP contribution in [0.2, 0.25) is 0 Å². The molecule has 0 aliphatic carbocycles. The summed E-state index contributed by atoms with van der Waals surface area (Å²) >= 11 is 1.88. The number of nitrogens with one attached hydrogen (secondary N) is 1. The monoisotopic (exact) mass is 311 g/mol. The van der Waals surface area contributed by atoms with Crippen LogP contribution < -0.4 is 10.2 Å². The molecule has 1 unspecified atom stereocenters. The maximum Gasteiger partial charge on any atom is 0.185 e. The highest BCUT2D eigenvalue weighted by Gasteiger charge is 2.17. The fraction of sp³-hybridized carbons (Fsp3) is 0.824. The topological polar surface area (TPSA) is 28.2 Å². The summed E-state index contributed by atoms with van der Waals surface area (Å²) in [5.41, 5.74) is 1.20. The first kappa shape index (κ1) is 18.4. The highest BCUT2D eigenvalue weighted by molar-refractivity contribution is 7.15. The Morgan fingerprint density at radius 2 is 1.71 bits per heavy atom. The summed E-state index contributed by atoms with van der Waals surface area (Å²) < 4.78 is 0. The van der Waals surface area contributed by atoms with Gasteiger partial charge in [0.15, 0.2) is 5.13 Å². The first-order chi connectivity index (χ1) is 10.1. The van der Waals surface area contributed by atoms with Gasteiger partial charge in [-0.15, -0.1) is 11.3 Å². The zero-order valence-electron chi connectivity index (χ0n) is 14.5. The third-order valence-corrected chi connectivity index (χ3v) is 5.15. The summed E-state index contributed by atoms with van der Waals surface area (Å²) in [6.07, 6.45) is 6.17. The van der Waals surface area contributed by atoms with E-state index in [-0.39, 0.29) is 0 Å². The van der Waals surface area contributed by atoms with E-state index in [2.05, 4.69) is 44.8 Å².